The van der Waals surface area contributed by atoms with Gasteiger partial charge in [-0.05, 0) is 42.3 Å². The number of ether oxygens (including phenoxy) is 1. The molecule has 2 aromatic carbocycles. The van der Waals surface area contributed by atoms with Crippen LogP contribution in [0, 0.1) is 6.92 Å². The van der Waals surface area contributed by atoms with Gasteiger partial charge in [0.2, 0.25) is 0 Å². The van der Waals surface area contributed by atoms with E-state index in [1.165, 1.54) is 16.0 Å². The number of methoxy groups -OCH3 is 1. The van der Waals surface area contributed by atoms with Crippen molar-refractivity contribution < 1.29 is 4.74 Å². The molecule has 0 heterocycles. The molecular formula is C15H16OS. The third-order valence-electron chi connectivity index (χ3n) is 2.72. The quantitative estimate of drug-likeness (QED) is 0.742. The fourth-order valence-electron chi connectivity index (χ4n) is 1.61. The van der Waals surface area contributed by atoms with Crippen LogP contribution in [0.1, 0.15) is 11.1 Å². The van der Waals surface area contributed by atoms with Crippen molar-refractivity contribution in [3.05, 3.63) is 59.7 Å². The lowest BCUT2D eigenvalue weighted by atomic mass is 10.1. The highest BCUT2D eigenvalue weighted by Crippen LogP contribution is 2.25. The molecule has 0 saturated carbocycles. The molecule has 0 N–H and O–H groups in total. The number of hydrogen-bond acceptors (Lipinski definition) is 2. The molecule has 88 valence electrons. The normalized spacial score (nSPS) is 10.2. The van der Waals surface area contributed by atoms with Gasteiger partial charge in [-0.1, -0.05) is 24.3 Å². The van der Waals surface area contributed by atoms with E-state index >= 15 is 0 Å². The fraction of sp³-hybridized carbons (Fsp3) is 0.200. The number of hydrogen-bond donors (Lipinski definition) is 0. The monoisotopic (exact) mass is 244 g/mol. The minimum Gasteiger partial charge on any atom is -0.497 e. The maximum atomic E-state index is 5.14. The first-order valence-electron chi connectivity index (χ1n) is 5.61. The molecule has 1 nitrogen and oxygen atoms in total. The summed E-state index contributed by atoms with van der Waals surface area (Å²) in [5.41, 5.74) is 2.75. The van der Waals surface area contributed by atoms with Gasteiger partial charge in [-0.2, -0.15) is 0 Å². The van der Waals surface area contributed by atoms with E-state index in [0.717, 1.165) is 11.5 Å². The van der Waals surface area contributed by atoms with Crippen LogP contribution in [0.5, 0.6) is 5.75 Å². The third kappa shape index (κ3) is 3.27. The van der Waals surface area contributed by atoms with Crippen molar-refractivity contribution in [2.24, 2.45) is 0 Å². The molecule has 0 saturated heterocycles. The average molecular weight is 244 g/mol. The Labute approximate surface area is 107 Å². The molecule has 0 unspecified atom stereocenters. The molecule has 0 aromatic heterocycles. The van der Waals surface area contributed by atoms with E-state index < -0.39 is 0 Å². The average Bonchev–Trinajstić information content (AvgIpc) is 2.38. The van der Waals surface area contributed by atoms with Gasteiger partial charge in [-0.25, -0.2) is 0 Å². The van der Waals surface area contributed by atoms with Gasteiger partial charge in [0.05, 0.1) is 7.11 Å². The van der Waals surface area contributed by atoms with Crippen LogP contribution in [-0.4, -0.2) is 7.11 Å². The van der Waals surface area contributed by atoms with Gasteiger partial charge in [0.15, 0.2) is 0 Å². The summed E-state index contributed by atoms with van der Waals surface area (Å²) >= 11 is 1.85. The van der Waals surface area contributed by atoms with Gasteiger partial charge < -0.3 is 4.74 Å². The van der Waals surface area contributed by atoms with Crippen LogP contribution in [0.4, 0.5) is 0 Å². The molecule has 0 atom stereocenters. The number of rotatable bonds is 4. The molecule has 2 heteroatoms. The Balaban J connectivity index is 2.00. The van der Waals surface area contributed by atoms with Crippen LogP contribution >= 0.6 is 11.8 Å². The minimum absolute atomic E-state index is 0.908. The lowest BCUT2D eigenvalue weighted by Crippen LogP contribution is -1.85. The van der Waals surface area contributed by atoms with E-state index in [4.69, 9.17) is 4.74 Å². The topological polar surface area (TPSA) is 9.23 Å². The maximum absolute atomic E-state index is 5.14. The second-order valence-corrected chi connectivity index (χ2v) is 4.94. The number of benzene rings is 2. The zero-order valence-electron chi connectivity index (χ0n) is 10.1. The highest BCUT2D eigenvalue weighted by atomic mass is 32.2. The molecule has 0 spiro atoms. The zero-order chi connectivity index (χ0) is 12.1. The summed E-state index contributed by atoms with van der Waals surface area (Å²) in [6, 6.07) is 16.7. The van der Waals surface area contributed by atoms with Gasteiger partial charge in [-0.15, -0.1) is 11.8 Å². The Bertz CT molecular complexity index is 477. The lowest BCUT2D eigenvalue weighted by Gasteiger charge is -2.06. The van der Waals surface area contributed by atoms with Crippen molar-refractivity contribution in [3.63, 3.8) is 0 Å². The van der Waals surface area contributed by atoms with E-state index in [2.05, 4.69) is 43.3 Å². The Morgan fingerprint density at radius 1 is 1.00 bits per heavy atom. The summed E-state index contributed by atoms with van der Waals surface area (Å²) in [7, 11) is 1.69. The number of thioether (sulfide) groups is 1. The van der Waals surface area contributed by atoms with Gasteiger partial charge in [-0.3, -0.25) is 0 Å². The Hall–Kier alpha value is -1.41. The smallest absolute Gasteiger partial charge is 0.118 e. The number of aryl methyl sites for hydroxylation is 1. The van der Waals surface area contributed by atoms with Gasteiger partial charge in [0, 0.05) is 10.6 Å². The summed E-state index contributed by atoms with van der Waals surface area (Å²) in [6.07, 6.45) is 0. The first-order chi connectivity index (χ1) is 8.29. The summed E-state index contributed by atoms with van der Waals surface area (Å²) < 4.78 is 5.14. The van der Waals surface area contributed by atoms with E-state index in [9.17, 15) is 0 Å². The summed E-state index contributed by atoms with van der Waals surface area (Å²) in [5, 5.41) is 0. The Morgan fingerprint density at radius 2 is 1.71 bits per heavy atom. The largest absolute Gasteiger partial charge is 0.497 e. The molecule has 0 amide bonds. The summed E-state index contributed by atoms with van der Waals surface area (Å²) in [4.78, 5) is 1.27. The van der Waals surface area contributed by atoms with Crippen molar-refractivity contribution in [3.8, 4) is 5.75 Å². The highest BCUT2D eigenvalue weighted by molar-refractivity contribution is 7.98. The predicted molar refractivity (Wildman–Crippen MR) is 73.7 cm³/mol. The maximum Gasteiger partial charge on any atom is 0.118 e. The van der Waals surface area contributed by atoms with Crippen molar-refractivity contribution in [1.29, 1.82) is 0 Å². The van der Waals surface area contributed by atoms with Gasteiger partial charge >= 0.3 is 0 Å². The molecular weight excluding hydrogens is 228 g/mol. The molecule has 0 bridgehead atoms. The first kappa shape index (κ1) is 12.1. The van der Waals surface area contributed by atoms with Gasteiger partial charge in [0.25, 0.3) is 0 Å². The summed E-state index contributed by atoms with van der Waals surface area (Å²) in [6.45, 7) is 2.16. The SMILES string of the molecule is COc1ccc(SCc2ccccc2C)cc1. The molecule has 0 fully saturated rings. The van der Waals surface area contributed by atoms with Crippen molar-refractivity contribution in [2.45, 2.75) is 17.6 Å². The Morgan fingerprint density at radius 3 is 2.35 bits per heavy atom. The van der Waals surface area contributed by atoms with Crippen molar-refractivity contribution in [1.82, 2.24) is 0 Å². The molecule has 0 aliphatic carbocycles. The Kier molecular flexibility index (Phi) is 4.10. The van der Waals surface area contributed by atoms with Crippen LogP contribution in [0.3, 0.4) is 0 Å². The molecule has 2 aromatic rings. The predicted octanol–water partition coefficient (Wildman–Crippen LogP) is 4.30. The minimum atomic E-state index is 0.908. The van der Waals surface area contributed by atoms with E-state index in [0.29, 0.717) is 0 Å². The van der Waals surface area contributed by atoms with Crippen LogP contribution in [-0.2, 0) is 5.75 Å². The molecule has 0 aliphatic rings. The molecule has 17 heavy (non-hydrogen) atoms. The molecule has 0 aliphatic heterocycles. The van der Waals surface area contributed by atoms with Crippen LogP contribution in [0.25, 0.3) is 0 Å². The van der Waals surface area contributed by atoms with Gasteiger partial charge in [0.1, 0.15) is 5.75 Å². The lowest BCUT2D eigenvalue weighted by molar-refractivity contribution is 0.414. The van der Waals surface area contributed by atoms with E-state index in [1.807, 2.05) is 23.9 Å². The fourth-order valence-corrected chi connectivity index (χ4v) is 2.58. The second-order valence-electron chi connectivity index (χ2n) is 3.89. The van der Waals surface area contributed by atoms with Crippen LogP contribution in [0.2, 0.25) is 0 Å². The molecule has 0 radical (unpaired) electrons. The summed E-state index contributed by atoms with van der Waals surface area (Å²) in [5.74, 6) is 1.92. The first-order valence-corrected chi connectivity index (χ1v) is 6.59. The van der Waals surface area contributed by atoms with E-state index in [1.54, 1.807) is 7.11 Å². The van der Waals surface area contributed by atoms with Crippen LogP contribution < -0.4 is 4.74 Å². The standard InChI is InChI=1S/C15H16OS/c1-12-5-3-4-6-13(12)11-17-15-9-7-14(16-2)8-10-15/h3-10H,11H2,1-2H3. The molecule has 2 rings (SSSR count). The highest BCUT2D eigenvalue weighted by Gasteiger charge is 1.99. The third-order valence-corrected chi connectivity index (χ3v) is 3.78. The zero-order valence-corrected chi connectivity index (χ0v) is 11.0. The van der Waals surface area contributed by atoms with Crippen LogP contribution in [0.15, 0.2) is 53.4 Å². The van der Waals surface area contributed by atoms with Crippen molar-refractivity contribution in [2.75, 3.05) is 7.11 Å². The van der Waals surface area contributed by atoms with E-state index in [-0.39, 0.29) is 0 Å². The van der Waals surface area contributed by atoms with Crippen molar-refractivity contribution >= 4 is 11.8 Å². The second kappa shape index (κ2) is 5.78.